The van der Waals surface area contributed by atoms with Crippen molar-refractivity contribution >= 4 is 21.5 Å². The summed E-state index contributed by atoms with van der Waals surface area (Å²) in [6.07, 6.45) is -4.45. The van der Waals surface area contributed by atoms with Crippen LogP contribution in [0, 0.1) is 0 Å². The fourth-order valence-electron chi connectivity index (χ4n) is 2.31. The minimum atomic E-state index is -4.75. The summed E-state index contributed by atoms with van der Waals surface area (Å²) in [6.45, 7) is 0.197. The highest BCUT2D eigenvalue weighted by atomic mass is 32.2. The van der Waals surface area contributed by atoms with Gasteiger partial charge in [-0.15, -0.1) is 13.2 Å². The number of nitrogens with zero attached hydrogens (tertiary/aromatic N) is 1. The molecule has 28 heavy (non-hydrogen) atoms. The van der Waals surface area contributed by atoms with Crippen LogP contribution in [0.1, 0.15) is 12.0 Å². The molecule has 2 rings (SSSR count). The molecular formula is C18H20F3N3O3S. The number of hydrogen-bond acceptors (Lipinski definition) is 4. The Bertz CT molecular complexity index is 884. The molecule has 3 N–H and O–H groups in total. The summed E-state index contributed by atoms with van der Waals surface area (Å²) >= 11 is 0. The molecule has 0 aliphatic heterocycles. The van der Waals surface area contributed by atoms with Gasteiger partial charge in [-0.05, 0) is 36.2 Å². The molecule has 0 radical (unpaired) electrons. The molecule has 0 unspecified atom stereocenters. The molecule has 6 nitrogen and oxygen atoms in total. The van der Waals surface area contributed by atoms with Crippen LogP contribution in [-0.2, 0) is 15.6 Å². The van der Waals surface area contributed by atoms with Crippen LogP contribution in [0.15, 0.2) is 59.6 Å². The van der Waals surface area contributed by atoms with Crippen LogP contribution in [0.2, 0.25) is 0 Å². The fourth-order valence-corrected chi connectivity index (χ4v) is 3.73. The number of rotatable bonds is 8. The molecule has 2 aromatic carbocycles. The predicted molar refractivity (Wildman–Crippen MR) is 102 cm³/mol. The van der Waals surface area contributed by atoms with Gasteiger partial charge < -0.3 is 15.8 Å². The molecule has 10 heteroatoms. The van der Waals surface area contributed by atoms with Crippen molar-refractivity contribution in [3.63, 3.8) is 0 Å². The van der Waals surface area contributed by atoms with E-state index in [0.29, 0.717) is 12.1 Å². The second kappa shape index (κ2) is 9.45. The number of anilines is 1. The van der Waals surface area contributed by atoms with Crippen LogP contribution in [0.25, 0.3) is 0 Å². The minimum Gasteiger partial charge on any atom is -0.406 e. The molecule has 2 aromatic rings. The average Bonchev–Trinajstić information content (AvgIpc) is 2.60. The van der Waals surface area contributed by atoms with Crippen molar-refractivity contribution in [3.8, 4) is 5.75 Å². The lowest BCUT2D eigenvalue weighted by molar-refractivity contribution is -0.274. The predicted octanol–water partition coefficient (Wildman–Crippen LogP) is 3.32. The zero-order valence-electron chi connectivity index (χ0n) is 14.8. The van der Waals surface area contributed by atoms with Gasteiger partial charge in [0, 0.05) is 12.2 Å². The van der Waals surface area contributed by atoms with Crippen molar-refractivity contribution in [2.24, 2.45) is 10.7 Å². The van der Waals surface area contributed by atoms with E-state index in [-0.39, 0.29) is 29.8 Å². The zero-order chi connectivity index (χ0) is 20.6. The van der Waals surface area contributed by atoms with Crippen LogP contribution < -0.4 is 15.8 Å². The second-order valence-electron chi connectivity index (χ2n) is 5.90. The Labute approximate surface area is 161 Å². The first-order chi connectivity index (χ1) is 13.1. The first-order valence-electron chi connectivity index (χ1n) is 8.30. The molecule has 0 saturated carbocycles. The number of halogens is 3. The molecule has 0 heterocycles. The van der Waals surface area contributed by atoms with E-state index in [1.807, 2.05) is 6.07 Å². The Morgan fingerprint density at radius 1 is 1.07 bits per heavy atom. The highest BCUT2D eigenvalue weighted by Gasteiger charge is 2.30. The Hall–Kier alpha value is -2.75. The molecule has 152 valence electrons. The summed E-state index contributed by atoms with van der Waals surface area (Å²) < 4.78 is 64.3. The molecule has 0 aliphatic carbocycles. The van der Waals surface area contributed by atoms with Crippen LogP contribution in [0.5, 0.6) is 5.75 Å². The number of benzene rings is 2. The molecule has 0 atom stereocenters. The second-order valence-corrected chi connectivity index (χ2v) is 8.08. The van der Waals surface area contributed by atoms with Gasteiger partial charge in [-0.2, -0.15) is 0 Å². The summed E-state index contributed by atoms with van der Waals surface area (Å²) in [5, 5.41) is 2.71. The number of sulfone groups is 1. The van der Waals surface area contributed by atoms with E-state index < -0.39 is 16.2 Å². The largest absolute Gasteiger partial charge is 0.573 e. The van der Waals surface area contributed by atoms with E-state index in [0.717, 1.165) is 17.7 Å². The van der Waals surface area contributed by atoms with Crippen LogP contribution in [0.4, 0.5) is 18.9 Å². The van der Waals surface area contributed by atoms with E-state index >= 15 is 0 Å². The zero-order valence-corrected chi connectivity index (χ0v) is 15.6. The van der Waals surface area contributed by atoms with Gasteiger partial charge in [0.15, 0.2) is 15.8 Å². The van der Waals surface area contributed by atoms with Gasteiger partial charge in [0.2, 0.25) is 0 Å². The van der Waals surface area contributed by atoms with Gasteiger partial charge in [0.05, 0.1) is 11.5 Å². The smallest absolute Gasteiger partial charge is 0.406 e. The molecule has 0 saturated heterocycles. The number of guanidine groups is 1. The normalized spacial score (nSPS) is 12.6. The monoisotopic (exact) mass is 415 g/mol. The van der Waals surface area contributed by atoms with Gasteiger partial charge in [-0.25, -0.2) is 8.42 Å². The van der Waals surface area contributed by atoms with E-state index in [4.69, 9.17) is 5.73 Å². The molecule has 0 aliphatic rings. The molecular weight excluding hydrogens is 395 g/mol. The molecule has 0 fully saturated rings. The van der Waals surface area contributed by atoms with Crippen molar-refractivity contribution in [2.75, 3.05) is 17.6 Å². The van der Waals surface area contributed by atoms with Gasteiger partial charge in [0.25, 0.3) is 0 Å². The summed E-state index contributed by atoms with van der Waals surface area (Å²) in [5.41, 5.74) is 6.85. The fraction of sp³-hybridized carbons (Fsp3) is 0.278. The topological polar surface area (TPSA) is 93.8 Å². The Balaban J connectivity index is 1.78. The van der Waals surface area contributed by atoms with Crippen LogP contribution in [0.3, 0.4) is 0 Å². The molecule has 0 aromatic heterocycles. The van der Waals surface area contributed by atoms with E-state index in [9.17, 15) is 21.6 Å². The first-order valence-corrected chi connectivity index (χ1v) is 10.1. The summed E-state index contributed by atoms with van der Waals surface area (Å²) in [5.74, 6) is -0.373. The van der Waals surface area contributed by atoms with Crippen molar-refractivity contribution in [1.29, 1.82) is 0 Å². The number of ether oxygens (including phenoxy) is 1. The first kappa shape index (κ1) is 21.5. The van der Waals surface area contributed by atoms with Gasteiger partial charge in [-0.1, -0.05) is 30.3 Å². The minimum absolute atomic E-state index is 0.0256. The van der Waals surface area contributed by atoms with E-state index in [1.165, 1.54) is 12.1 Å². The number of aliphatic imine (C=N–C) groups is 1. The molecule has 0 spiro atoms. The lowest BCUT2D eigenvalue weighted by Crippen LogP contribution is -2.23. The maximum absolute atomic E-state index is 12.1. The molecule has 0 amide bonds. The average molecular weight is 415 g/mol. The van der Waals surface area contributed by atoms with Gasteiger partial charge in [0.1, 0.15) is 5.75 Å². The SMILES string of the molecule is NC(=NCCCS(=O)(=O)Cc1ccccc1)Nc1ccc(OC(F)(F)F)cc1. The van der Waals surface area contributed by atoms with E-state index in [2.05, 4.69) is 15.0 Å². The summed E-state index contributed by atoms with van der Waals surface area (Å²) in [4.78, 5) is 4.02. The van der Waals surface area contributed by atoms with Crippen molar-refractivity contribution in [3.05, 3.63) is 60.2 Å². The van der Waals surface area contributed by atoms with Crippen molar-refractivity contribution in [1.82, 2.24) is 0 Å². The van der Waals surface area contributed by atoms with Gasteiger partial charge >= 0.3 is 6.36 Å². The quantitative estimate of drug-likeness (QED) is 0.392. The third-order valence-electron chi connectivity index (χ3n) is 3.49. The van der Waals surface area contributed by atoms with E-state index in [1.54, 1.807) is 24.3 Å². The third kappa shape index (κ3) is 8.30. The summed E-state index contributed by atoms with van der Waals surface area (Å²) in [7, 11) is -3.25. The lowest BCUT2D eigenvalue weighted by Gasteiger charge is -2.10. The number of alkyl halides is 3. The Morgan fingerprint density at radius 2 is 1.71 bits per heavy atom. The highest BCUT2D eigenvalue weighted by Crippen LogP contribution is 2.23. The Kier molecular flexibility index (Phi) is 7.27. The molecule has 0 bridgehead atoms. The summed E-state index contributed by atoms with van der Waals surface area (Å²) in [6, 6.07) is 13.9. The lowest BCUT2D eigenvalue weighted by atomic mass is 10.2. The van der Waals surface area contributed by atoms with Crippen LogP contribution in [-0.4, -0.2) is 33.0 Å². The maximum atomic E-state index is 12.1. The van der Waals surface area contributed by atoms with Crippen molar-refractivity contribution < 1.29 is 26.3 Å². The maximum Gasteiger partial charge on any atom is 0.573 e. The van der Waals surface area contributed by atoms with Crippen LogP contribution >= 0.6 is 0 Å². The van der Waals surface area contributed by atoms with Gasteiger partial charge in [-0.3, -0.25) is 4.99 Å². The third-order valence-corrected chi connectivity index (χ3v) is 5.17. The van der Waals surface area contributed by atoms with Crippen molar-refractivity contribution in [2.45, 2.75) is 18.5 Å². The number of hydrogen-bond donors (Lipinski definition) is 2. The number of nitrogens with two attached hydrogens (primary N) is 1. The number of nitrogens with one attached hydrogen (secondary N) is 1. The highest BCUT2D eigenvalue weighted by molar-refractivity contribution is 7.90. The Morgan fingerprint density at radius 3 is 2.32 bits per heavy atom. The standard InChI is InChI=1S/C18H20F3N3O3S/c19-18(20,21)27-16-9-7-15(8-10-16)24-17(22)23-11-4-12-28(25,26)13-14-5-2-1-3-6-14/h1-3,5-10H,4,11-13H2,(H3,22,23,24).